The maximum absolute atomic E-state index is 10.3. The zero-order chi connectivity index (χ0) is 8.69. The molecule has 0 amide bonds. The molecule has 0 aromatic heterocycles. The van der Waals surface area contributed by atoms with E-state index in [9.17, 15) is 4.79 Å². The van der Waals surface area contributed by atoms with Crippen molar-refractivity contribution in [3.8, 4) is 0 Å². The van der Waals surface area contributed by atoms with Crippen molar-refractivity contribution in [3.63, 3.8) is 0 Å². The summed E-state index contributed by atoms with van der Waals surface area (Å²) in [5, 5.41) is 8.69. The molecule has 0 spiro atoms. The van der Waals surface area contributed by atoms with Crippen LogP contribution in [0, 0.1) is 0 Å². The van der Waals surface area contributed by atoms with Crippen molar-refractivity contribution in [2.45, 2.75) is 45.1 Å². The Kier molecular flexibility index (Phi) is 6.57. The monoisotopic (exact) mass is 178 g/mol. The van der Waals surface area contributed by atoms with Gasteiger partial charge < -0.3 is 5.11 Å². The number of carbonyl (C=O) groups excluding carboxylic acids is 1. The van der Waals surface area contributed by atoms with Crippen molar-refractivity contribution in [1.82, 2.24) is 0 Å². The van der Waals surface area contributed by atoms with Gasteiger partial charge in [0.05, 0.1) is 6.10 Å². The second-order valence-corrected chi connectivity index (χ2v) is 3.13. The summed E-state index contributed by atoms with van der Waals surface area (Å²) < 4.78 is 0. The standard InChI is InChI=1S/C8H15ClO2/c1-2-3-4-5-7(10)6-8(9)11/h7,10H,2-6H2,1H3. The zero-order valence-electron chi connectivity index (χ0n) is 6.85. The van der Waals surface area contributed by atoms with Crippen molar-refractivity contribution in [2.24, 2.45) is 0 Å². The molecule has 1 unspecified atom stereocenters. The number of unbranched alkanes of at least 4 members (excludes halogenated alkanes) is 2. The van der Waals surface area contributed by atoms with E-state index in [-0.39, 0.29) is 6.42 Å². The normalized spacial score (nSPS) is 13.0. The lowest BCUT2D eigenvalue weighted by Crippen LogP contribution is -2.09. The van der Waals surface area contributed by atoms with E-state index in [1.807, 2.05) is 0 Å². The number of carbonyl (C=O) groups is 1. The zero-order valence-corrected chi connectivity index (χ0v) is 7.60. The second-order valence-electron chi connectivity index (χ2n) is 2.71. The Morgan fingerprint density at radius 2 is 2.18 bits per heavy atom. The highest BCUT2D eigenvalue weighted by Crippen LogP contribution is 2.07. The van der Waals surface area contributed by atoms with E-state index in [2.05, 4.69) is 6.92 Å². The minimum absolute atomic E-state index is 0.0886. The Hall–Kier alpha value is -0.0800. The molecular formula is C8H15ClO2. The molecule has 0 aliphatic carbocycles. The van der Waals surface area contributed by atoms with Gasteiger partial charge in [-0.3, -0.25) is 4.79 Å². The largest absolute Gasteiger partial charge is 0.393 e. The Bertz CT molecular complexity index is 115. The van der Waals surface area contributed by atoms with Gasteiger partial charge in [-0.2, -0.15) is 0 Å². The molecule has 0 fully saturated rings. The fourth-order valence-electron chi connectivity index (χ4n) is 0.917. The highest BCUT2D eigenvalue weighted by molar-refractivity contribution is 6.63. The van der Waals surface area contributed by atoms with Crippen LogP contribution in [0.1, 0.15) is 39.0 Å². The van der Waals surface area contributed by atoms with E-state index in [4.69, 9.17) is 16.7 Å². The molecule has 2 nitrogen and oxygen atoms in total. The lowest BCUT2D eigenvalue weighted by atomic mass is 10.1. The first-order valence-electron chi connectivity index (χ1n) is 4.03. The SMILES string of the molecule is CCCCCC(O)CC(=O)Cl. The molecule has 1 atom stereocenters. The van der Waals surface area contributed by atoms with Crippen LogP contribution in [0.2, 0.25) is 0 Å². The van der Waals surface area contributed by atoms with Gasteiger partial charge in [0.2, 0.25) is 5.24 Å². The molecule has 3 heteroatoms. The molecule has 0 saturated heterocycles. The number of hydrogen-bond donors (Lipinski definition) is 1. The molecular weight excluding hydrogens is 164 g/mol. The van der Waals surface area contributed by atoms with Crippen molar-refractivity contribution >= 4 is 16.8 Å². The average molecular weight is 179 g/mol. The molecule has 0 aromatic rings. The first kappa shape index (κ1) is 10.9. The van der Waals surface area contributed by atoms with Crippen LogP contribution in [-0.2, 0) is 4.79 Å². The van der Waals surface area contributed by atoms with E-state index in [1.54, 1.807) is 0 Å². The van der Waals surface area contributed by atoms with Crippen molar-refractivity contribution in [1.29, 1.82) is 0 Å². The van der Waals surface area contributed by atoms with E-state index in [0.717, 1.165) is 19.3 Å². The summed E-state index contributed by atoms with van der Waals surface area (Å²) in [7, 11) is 0. The maximum Gasteiger partial charge on any atom is 0.224 e. The summed E-state index contributed by atoms with van der Waals surface area (Å²) in [5.41, 5.74) is 0. The van der Waals surface area contributed by atoms with Gasteiger partial charge in [0.1, 0.15) is 0 Å². The fourth-order valence-corrected chi connectivity index (χ4v) is 1.10. The summed E-state index contributed by atoms with van der Waals surface area (Å²) in [6.07, 6.45) is 3.45. The number of rotatable bonds is 6. The Labute approximate surface area is 72.6 Å². The van der Waals surface area contributed by atoms with Crippen LogP contribution in [0.25, 0.3) is 0 Å². The first-order chi connectivity index (χ1) is 5.16. The van der Waals surface area contributed by atoms with Crippen LogP contribution < -0.4 is 0 Å². The predicted octanol–water partition coefficient (Wildman–Crippen LogP) is 2.08. The molecule has 0 rings (SSSR count). The summed E-state index contributed by atoms with van der Waals surface area (Å²) in [5.74, 6) is 0. The van der Waals surface area contributed by atoms with Gasteiger partial charge in [-0.25, -0.2) is 0 Å². The van der Waals surface area contributed by atoms with Crippen molar-refractivity contribution < 1.29 is 9.90 Å². The number of aliphatic hydroxyl groups is 1. The van der Waals surface area contributed by atoms with E-state index in [1.165, 1.54) is 0 Å². The van der Waals surface area contributed by atoms with Crippen LogP contribution in [0.5, 0.6) is 0 Å². The highest BCUT2D eigenvalue weighted by atomic mass is 35.5. The smallest absolute Gasteiger partial charge is 0.224 e. The molecule has 0 aliphatic rings. The van der Waals surface area contributed by atoms with Gasteiger partial charge in [-0.15, -0.1) is 0 Å². The third kappa shape index (κ3) is 7.82. The number of hydrogen-bond acceptors (Lipinski definition) is 2. The highest BCUT2D eigenvalue weighted by Gasteiger charge is 2.07. The van der Waals surface area contributed by atoms with Crippen LogP contribution in [0.15, 0.2) is 0 Å². The molecule has 0 heterocycles. The van der Waals surface area contributed by atoms with Gasteiger partial charge in [0, 0.05) is 6.42 Å². The third-order valence-corrected chi connectivity index (χ3v) is 1.69. The Morgan fingerprint density at radius 3 is 2.64 bits per heavy atom. The summed E-state index contributed by atoms with van der Waals surface area (Å²) in [6, 6.07) is 0. The van der Waals surface area contributed by atoms with Crippen LogP contribution in [0.3, 0.4) is 0 Å². The maximum atomic E-state index is 10.3. The summed E-state index contributed by atoms with van der Waals surface area (Å²) in [6.45, 7) is 2.10. The molecule has 0 aromatic carbocycles. The van der Waals surface area contributed by atoms with Gasteiger partial charge in [-0.05, 0) is 18.0 Å². The minimum atomic E-state index is -0.536. The molecule has 0 saturated carbocycles. The minimum Gasteiger partial charge on any atom is -0.393 e. The van der Waals surface area contributed by atoms with E-state index < -0.39 is 11.3 Å². The predicted molar refractivity (Wildman–Crippen MR) is 45.6 cm³/mol. The Morgan fingerprint density at radius 1 is 1.55 bits per heavy atom. The summed E-state index contributed by atoms with van der Waals surface area (Å²) in [4.78, 5) is 10.3. The lowest BCUT2D eigenvalue weighted by Gasteiger charge is -2.05. The quantitative estimate of drug-likeness (QED) is 0.500. The number of aliphatic hydroxyl groups excluding tert-OH is 1. The van der Waals surface area contributed by atoms with Crippen molar-refractivity contribution in [3.05, 3.63) is 0 Å². The van der Waals surface area contributed by atoms with Crippen molar-refractivity contribution in [2.75, 3.05) is 0 Å². The van der Waals surface area contributed by atoms with E-state index >= 15 is 0 Å². The summed E-state index contributed by atoms with van der Waals surface area (Å²) >= 11 is 5.09. The lowest BCUT2D eigenvalue weighted by molar-refractivity contribution is -0.113. The van der Waals surface area contributed by atoms with Crippen LogP contribution in [0.4, 0.5) is 0 Å². The molecule has 1 N–H and O–H groups in total. The molecule has 0 aliphatic heterocycles. The third-order valence-electron chi connectivity index (χ3n) is 1.54. The number of halogens is 1. The van der Waals surface area contributed by atoms with Crippen LogP contribution >= 0.6 is 11.6 Å². The topological polar surface area (TPSA) is 37.3 Å². The second kappa shape index (κ2) is 6.62. The fraction of sp³-hybridized carbons (Fsp3) is 0.875. The van der Waals surface area contributed by atoms with Gasteiger partial charge in [-0.1, -0.05) is 26.2 Å². The molecule has 11 heavy (non-hydrogen) atoms. The average Bonchev–Trinajstić information content (AvgIpc) is 1.86. The van der Waals surface area contributed by atoms with Gasteiger partial charge >= 0.3 is 0 Å². The van der Waals surface area contributed by atoms with Gasteiger partial charge in [0.15, 0.2) is 0 Å². The molecule has 66 valence electrons. The van der Waals surface area contributed by atoms with E-state index in [0.29, 0.717) is 6.42 Å². The molecule has 0 radical (unpaired) electrons. The Balaban J connectivity index is 3.22. The van der Waals surface area contributed by atoms with Gasteiger partial charge in [0.25, 0.3) is 0 Å². The van der Waals surface area contributed by atoms with Crippen LogP contribution in [-0.4, -0.2) is 16.5 Å². The first-order valence-corrected chi connectivity index (χ1v) is 4.41. The molecule has 0 bridgehead atoms.